The fraction of sp³-hybridized carbons (Fsp3) is 0.400. The lowest BCUT2D eigenvalue weighted by Gasteiger charge is -2.32. The van der Waals surface area contributed by atoms with E-state index in [-0.39, 0.29) is 12.0 Å². The van der Waals surface area contributed by atoms with Gasteiger partial charge in [-0.3, -0.25) is 9.78 Å². The zero-order chi connectivity index (χ0) is 16.9. The van der Waals surface area contributed by atoms with Gasteiger partial charge in [0, 0.05) is 43.9 Å². The summed E-state index contributed by atoms with van der Waals surface area (Å²) in [7, 11) is 0. The molecule has 2 aromatic rings. The minimum absolute atomic E-state index is 0.175. The summed E-state index contributed by atoms with van der Waals surface area (Å²) in [6, 6.07) is 10.1. The Bertz CT molecular complexity index is 689. The third kappa shape index (κ3) is 4.13. The van der Waals surface area contributed by atoms with Gasteiger partial charge in [0.1, 0.15) is 11.9 Å². The number of benzene rings is 1. The maximum atomic E-state index is 12.4. The molecule has 4 nitrogen and oxygen atoms in total. The predicted molar refractivity (Wildman–Crippen MR) is 94.1 cm³/mol. The maximum Gasteiger partial charge on any atom is 0.226 e. The van der Waals surface area contributed by atoms with Crippen LogP contribution in [0.3, 0.4) is 0 Å². The van der Waals surface area contributed by atoms with E-state index in [0.717, 1.165) is 42.8 Å². The molecule has 1 aromatic carbocycles. The van der Waals surface area contributed by atoms with Crippen molar-refractivity contribution in [1.29, 1.82) is 0 Å². The number of likely N-dealkylation sites (tertiary alicyclic amines) is 1. The molecule has 1 fully saturated rings. The molecular weight excluding hydrogens is 300 g/mol. The molecule has 4 heteroatoms. The summed E-state index contributed by atoms with van der Waals surface area (Å²) < 4.78 is 6.07. The second-order valence-electron chi connectivity index (χ2n) is 6.50. The molecule has 0 aliphatic carbocycles. The zero-order valence-corrected chi connectivity index (χ0v) is 14.4. The number of carbonyl (C=O) groups is 1. The van der Waals surface area contributed by atoms with Gasteiger partial charge < -0.3 is 9.64 Å². The Morgan fingerprint density at radius 1 is 1.17 bits per heavy atom. The molecule has 0 atom stereocenters. The first-order valence-corrected chi connectivity index (χ1v) is 8.52. The summed E-state index contributed by atoms with van der Waals surface area (Å²) in [4.78, 5) is 18.5. The van der Waals surface area contributed by atoms with Crippen molar-refractivity contribution in [1.82, 2.24) is 9.88 Å². The highest BCUT2D eigenvalue weighted by atomic mass is 16.5. The molecule has 1 aliphatic rings. The Labute approximate surface area is 143 Å². The molecular formula is C20H24N2O2. The van der Waals surface area contributed by atoms with E-state index >= 15 is 0 Å². The van der Waals surface area contributed by atoms with Gasteiger partial charge in [-0.25, -0.2) is 0 Å². The Morgan fingerprint density at radius 3 is 2.54 bits per heavy atom. The van der Waals surface area contributed by atoms with Crippen LogP contribution in [0.5, 0.6) is 5.75 Å². The average Bonchev–Trinajstić information content (AvgIpc) is 2.59. The first-order chi connectivity index (χ1) is 11.6. The van der Waals surface area contributed by atoms with Crippen LogP contribution in [0.25, 0.3) is 0 Å². The monoisotopic (exact) mass is 324 g/mol. The summed E-state index contributed by atoms with van der Waals surface area (Å²) in [6.07, 6.45) is 5.98. The molecule has 0 N–H and O–H groups in total. The third-order valence-electron chi connectivity index (χ3n) is 4.53. The minimum Gasteiger partial charge on any atom is -0.490 e. The van der Waals surface area contributed by atoms with Crippen LogP contribution in [0, 0.1) is 13.8 Å². The van der Waals surface area contributed by atoms with Gasteiger partial charge in [0.15, 0.2) is 0 Å². The highest BCUT2D eigenvalue weighted by molar-refractivity contribution is 5.78. The zero-order valence-electron chi connectivity index (χ0n) is 14.4. The molecule has 0 unspecified atom stereocenters. The molecule has 0 radical (unpaired) electrons. The van der Waals surface area contributed by atoms with Gasteiger partial charge in [-0.05, 0) is 25.5 Å². The molecule has 1 aliphatic heterocycles. The smallest absolute Gasteiger partial charge is 0.226 e. The molecule has 126 valence electrons. The number of rotatable bonds is 4. The lowest BCUT2D eigenvalue weighted by Crippen LogP contribution is -2.42. The van der Waals surface area contributed by atoms with E-state index in [9.17, 15) is 4.79 Å². The molecule has 1 amide bonds. The van der Waals surface area contributed by atoms with E-state index in [1.807, 2.05) is 36.2 Å². The number of hydrogen-bond acceptors (Lipinski definition) is 3. The van der Waals surface area contributed by atoms with E-state index in [2.05, 4.69) is 24.0 Å². The van der Waals surface area contributed by atoms with Gasteiger partial charge in [-0.1, -0.05) is 29.8 Å². The number of amides is 1. The molecule has 0 spiro atoms. The second-order valence-corrected chi connectivity index (χ2v) is 6.50. The molecule has 2 heterocycles. The molecule has 3 rings (SSSR count). The molecule has 0 bridgehead atoms. The number of piperidine rings is 1. The first-order valence-electron chi connectivity index (χ1n) is 8.52. The average molecular weight is 324 g/mol. The Morgan fingerprint density at radius 2 is 1.88 bits per heavy atom. The van der Waals surface area contributed by atoms with Crippen molar-refractivity contribution in [2.45, 2.75) is 39.2 Å². The molecule has 0 saturated carbocycles. The number of carbonyl (C=O) groups excluding carboxylic acids is 1. The number of pyridine rings is 1. The minimum atomic E-state index is 0.175. The van der Waals surface area contributed by atoms with Crippen molar-refractivity contribution in [3.63, 3.8) is 0 Å². The van der Waals surface area contributed by atoms with E-state index in [1.165, 1.54) is 5.56 Å². The largest absolute Gasteiger partial charge is 0.490 e. The van der Waals surface area contributed by atoms with Crippen LogP contribution >= 0.6 is 0 Å². The van der Waals surface area contributed by atoms with Gasteiger partial charge in [-0.2, -0.15) is 0 Å². The van der Waals surface area contributed by atoms with Crippen molar-refractivity contribution in [3.05, 3.63) is 59.4 Å². The summed E-state index contributed by atoms with van der Waals surface area (Å²) in [6.45, 7) is 5.59. The lowest BCUT2D eigenvalue weighted by atomic mass is 10.1. The molecule has 1 saturated heterocycles. The third-order valence-corrected chi connectivity index (χ3v) is 4.53. The summed E-state index contributed by atoms with van der Waals surface area (Å²) in [5.74, 6) is 1.10. The molecule has 24 heavy (non-hydrogen) atoms. The van der Waals surface area contributed by atoms with E-state index < -0.39 is 0 Å². The van der Waals surface area contributed by atoms with Crippen LogP contribution in [0.15, 0.2) is 42.7 Å². The van der Waals surface area contributed by atoms with Gasteiger partial charge in [0.2, 0.25) is 5.91 Å². The highest BCUT2D eigenvalue weighted by Crippen LogP contribution is 2.22. The number of nitrogens with zero attached hydrogens (tertiary/aromatic N) is 2. The Hall–Kier alpha value is -2.36. The van der Waals surface area contributed by atoms with E-state index in [4.69, 9.17) is 4.74 Å². The highest BCUT2D eigenvalue weighted by Gasteiger charge is 2.24. The molecule has 1 aromatic heterocycles. The number of aromatic nitrogens is 1. The Balaban J connectivity index is 1.50. The first kappa shape index (κ1) is 16.5. The summed E-state index contributed by atoms with van der Waals surface area (Å²) in [5, 5.41) is 0. The van der Waals surface area contributed by atoms with Gasteiger partial charge in [0.25, 0.3) is 0 Å². The van der Waals surface area contributed by atoms with Crippen molar-refractivity contribution >= 4 is 5.91 Å². The van der Waals surface area contributed by atoms with Gasteiger partial charge >= 0.3 is 0 Å². The standard InChI is InChI=1S/C20H24N2O2/c1-15-3-5-17(6-4-15)13-20(23)22-11-8-18(9-12-22)24-19-7-10-21-14-16(19)2/h3-7,10,14,18H,8-9,11-13H2,1-2H3. The van der Waals surface area contributed by atoms with Crippen LogP contribution in [0.2, 0.25) is 0 Å². The van der Waals surface area contributed by atoms with Gasteiger partial charge in [0.05, 0.1) is 6.42 Å². The quantitative estimate of drug-likeness (QED) is 0.866. The van der Waals surface area contributed by atoms with Crippen LogP contribution in [-0.2, 0) is 11.2 Å². The Kier molecular flexibility index (Phi) is 5.14. The number of hydrogen-bond donors (Lipinski definition) is 0. The van der Waals surface area contributed by atoms with Crippen LogP contribution < -0.4 is 4.74 Å². The van der Waals surface area contributed by atoms with Crippen LogP contribution in [0.1, 0.15) is 29.5 Å². The van der Waals surface area contributed by atoms with Gasteiger partial charge in [-0.15, -0.1) is 0 Å². The van der Waals surface area contributed by atoms with Crippen LogP contribution in [0.4, 0.5) is 0 Å². The number of ether oxygens (including phenoxy) is 1. The SMILES string of the molecule is Cc1ccc(CC(=O)N2CCC(Oc3ccncc3C)CC2)cc1. The second kappa shape index (κ2) is 7.47. The normalized spacial score (nSPS) is 15.3. The van der Waals surface area contributed by atoms with Crippen molar-refractivity contribution in [3.8, 4) is 5.75 Å². The van der Waals surface area contributed by atoms with E-state index in [0.29, 0.717) is 6.42 Å². The predicted octanol–water partition coefficient (Wildman–Crippen LogP) is 3.31. The van der Waals surface area contributed by atoms with Crippen LogP contribution in [-0.4, -0.2) is 35.0 Å². The fourth-order valence-electron chi connectivity index (χ4n) is 2.99. The van der Waals surface area contributed by atoms with E-state index in [1.54, 1.807) is 6.20 Å². The van der Waals surface area contributed by atoms with Crippen molar-refractivity contribution in [2.75, 3.05) is 13.1 Å². The summed E-state index contributed by atoms with van der Waals surface area (Å²) >= 11 is 0. The van der Waals surface area contributed by atoms with Crippen molar-refractivity contribution in [2.24, 2.45) is 0 Å². The topological polar surface area (TPSA) is 42.4 Å². The number of aryl methyl sites for hydroxylation is 2. The summed E-state index contributed by atoms with van der Waals surface area (Å²) in [5.41, 5.74) is 3.35. The lowest BCUT2D eigenvalue weighted by molar-refractivity contribution is -0.132. The van der Waals surface area contributed by atoms with Crippen molar-refractivity contribution < 1.29 is 9.53 Å². The fourth-order valence-corrected chi connectivity index (χ4v) is 2.99. The maximum absolute atomic E-state index is 12.4.